The lowest BCUT2D eigenvalue weighted by Gasteiger charge is -2.14. The van der Waals surface area contributed by atoms with Gasteiger partial charge in [0, 0.05) is 36.8 Å². The molecule has 3 N–H and O–H groups in total. The van der Waals surface area contributed by atoms with Crippen molar-refractivity contribution >= 4 is 22.7 Å². The third kappa shape index (κ3) is 2.91. The lowest BCUT2D eigenvalue weighted by Crippen LogP contribution is -2.08. The van der Waals surface area contributed by atoms with Crippen molar-refractivity contribution < 1.29 is 4.39 Å². The highest BCUT2D eigenvalue weighted by molar-refractivity contribution is 5.67. The Morgan fingerprint density at radius 1 is 1.06 bits per heavy atom. The Balaban J connectivity index is 2.25. The van der Waals surface area contributed by atoms with Crippen LogP contribution < -0.4 is 16.0 Å². The number of nitrogens with two attached hydrogens (primary N) is 1. The molecule has 2 aromatic carbocycles. The van der Waals surface area contributed by atoms with E-state index in [1.807, 2.05) is 43.3 Å². The molecule has 2 aromatic rings. The Hall–Kier alpha value is -2.23. The lowest BCUT2D eigenvalue weighted by molar-refractivity contribution is 0.629. The molecule has 0 unspecified atom stereocenters. The second-order valence-corrected chi connectivity index (χ2v) is 4.34. The molecule has 0 saturated heterocycles. The number of nitrogen functional groups attached to an aromatic ring is 1. The molecule has 94 valence electrons. The number of benzene rings is 2. The first-order valence-electron chi connectivity index (χ1n) is 5.65. The predicted molar refractivity (Wildman–Crippen MR) is 74.9 cm³/mol. The minimum Gasteiger partial charge on any atom is -0.399 e. The van der Waals surface area contributed by atoms with E-state index in [0.717, 1.165) is 11.4 Å². The third-order valence-corrected chi connectivity index (χ3v) is 2.57. The topological polar surface area (TPSA) is 41.3 Å². The van der Waals surface area contributed by atoms with Gasteiger partial charge in [-0.05, 0) is 36.4 Å². The second-order valence-electron chi connectivity index (χ2n) is 4.34. The average molecular weight is 245 g/mol. The van der Waals surface area contributed by atoms with E-state index in [-0.39, 0.29) is 5.82 Å². The molecule has 2 rings (SSSR count). The Labute approximate surface area is 106 Å². The summed E-state index contributed by atoms with van der Waals surface area (Å²) >= 11 is 0. The number of rotatable bonds is 3. The highest BCUT2D eigenvalue weighted by atomic mass is 19.1. The maximum absolute atomic E-state index is 13.2. The van der Waals surface area contributed by atoms with E-state index in [0.29, 0.717) is 11.4 Å². The van der Waals surface area contributed by atoms with Crippen LogP contribution in [0.2, 0.25) is 0 Å². The Bertz CT molecular complexity index is 532. The van der Waals surface area contributed by atoms with Crippen LogP contribution in [-0.2, 0) is 0 Å². The standard InChI is InChI=1S/C14H16FN3/c1-18(2)14-5-3-4-12(9-14)17-13-7-10(15)6-11(16)8-13/h3-9,17H,16H2,1-2H3. The minimum absolute atomic E-state index is 0.346. The summed E-state index contributed by atoms with van der Waals surface area (Å²) in [4.78, 5) is 2.01. The van der Waals surface area contributed by atoms with Gasteiger partial charge in [-0.1, -0.05) is 6.07 Å². The van der Waals surface area contributed by atoms with Crippen LogP contribution in [0, 0.1) is 5.82 Å². The van der Waals surface area contributed by atoms with Crippen molar-refractivity contribution in [1.29, 1.82) is 0 Å². The van der Waals surface area contributed by atoms with Crippen molar-refractivity contribution in [2.75, 3.05) is 30.0 Å². The number of anilines is 4. The average Bonchev–Trinajstić information content (AvgIpc) is 2.27. The smallest absolute Gasteiger partial charge is 0.127 e. The molecule has 0 aliphatic rings. The lowest BCUT2D eigenvalue weighted by atomic mass is 10.2. The van der Waals surface area contributed by atoms with Gasteiger partial charge in [0.25, 0.3) is 0 Å². The fraction of sp³-hybridized carbons (Fsp3) is 0.143. The quantitative estimate of drug-likeness (QED) is 0.816. The zero-order valence-electron chi connectivity index (χ0n) is 10.4. The summed E-state index contributed by atoms with van der Waals surface area (Å²) in [6.07, 6.45) is 0. The molecule has 0 bridgehead atoms. The summed E-state index contributed by atoms with van der Waals surface area (Å²) in [6, 6.07) is 12.3. The summed E-state index contributed by atoms with van der Waals surface area (Å²) < 4.78 is 13.2. The van der Waals surface area contributed by atoms with Gasteiger partial charge in [-0.25, -0.2) is 4.39 Å². The summed E-state index contributed by atoms with van der Waals surface area (Å²) in [5.41, 5.74) is 8.62. The molecule has 4 heteroatoms. The second kappa shape index (κ2) is 4.96. The van der Waals surface area contributed by atoms with Crippen LogP contribution in [-0.4, -0.2) is 14.1 Å². The van der Waals surface area contributed by atoms with Crippen molar-refractivity contribution in [2.45, 2.75) is 0 Å². The van der Waals surface area contributed by atoms with Gasteiger partial charge in [0.2, 0.25) is 0 Å². The molecule has 0 atom stereocenters. The minimum atomic E-state index is -0.346. The van der Waals surface area contributed by atoms with Crippen LogP contribution in [0.25, 0.3) is 0 Å². The van der Waals surface area contributed by atoms with Gasteiger partial charge >= 0.3 is 0 Å². The number of nitrogens with one attached hydrogen (secondary N) is 1. The third-order valence-electron chi connectivity index (χ3n) is 2.57. The molecule has 0 saturated carbocycles. The number of hydrogen-bond donors (Lipinski definition) is 2. The molecule has 0 aliphatic heterocycles. The summed E-state index contributed by atoms with van der Waals surface area (Å²) in [7, 11) is 3.94. The molecule has 0 aliphatic carbocycles. The van der Waals surface area contributed by atoms with Gasteiger partial charge in [-0.2, -0.15) is 0 Å². The van der Waals surface area contributed by atoms with E-state index in [1.54, 1.807) is 6.07 Å². The monoisotopic (exact) mass is 245 g/mol. The van der Waals surface area contributed by atoms with Gasteiger partial charge in [-0.15, -0.1) is 0 Å². The molecule has 18 heavy (non-hydrogen) atoms. The predicted octanol–water partition coefficient (Wildman–Crippen LogP) is 3.22. The molecule has 0 aromatic heterocycles. The summed E-state index contributed by atoms with van der Waals surface area (Å²) in [5.74, 6) is -0.346. The van der Waals surface area contributed by atoms with E-state index in [1.165, 1.54) is 12.1 Å². The Morgan fingerprint density at radius 3 is 2.50 bits per heavy atom. The van der Waals surface area contributed by atoms with Gasteiger partial charge in [0.05, 0.1) is 0 Å². The Morgan fingerprint density at radius 2 is 1.83 bits per heavy atom. The SMILES string of the molecule is CN(C)c1cccc(Nc2cc(N)cc(F)c2)c1. The number of nitrogens with zero attached hydrogens (tertiary/aromatic N) is 1. The Kier molecular flexibility index (Phi) is 3.37. The van der Waals surface area contributed by atoms with Crippen LogP contribution in [0.15, 0.2) is 42.5 Å². The highest BCUT2D eigenvalue weighted by Gasteiger charge is 2.01. The zero-order chi connectivity index (χ0) is 13.1. The molecular weight excluding hydrogens is 229 g/mol. The van der Waals surface area contributed by atoms with Crippen molar-refractivity contribution in [3.8, 4) is 0 Å². The van der Waals surface area contributed by atoms with Crippen LogP contribution in [0.5, 0.6) is 0 Å². The van der Waals surface area contributed by atoms with Crippen LogP contribution in [0.1, 0.15) is 0 Å². The van der Waals surface area contributed by atoms with E-state index < -0.39 is 0 Å². The fourth-order valence-electron chi connectivity index (χ4n) is 1.71. The molecule has 0 fully saturated rings. The van der Waals surface area contributed by atoms with Crippen LogP contribution >= 0.6 is 0 Å². The molecule has 3 nitrogen and oxygen atoms in total. The highest BCUT2D eigenvalue weighted by Crippen LogP contribution is 2.23. The molecule has 0 spiro atoms. The van der Waals surface area contributed by atoms with Crippen molar-refractivity contribution in [2.24, 2.45) is 0 Å². The first-order valence-corrected chi connectivity index (χ1v) is 5.65. The maximum atomic E-state index is 13.2. The number of hydrogen-bond acceptors (Lipinski definition) is 3. The first kappa shape index (κ1) is 12.2. The first-order chi connectivity index (χ1) is 8.54. The van der Waals surface area contributed by atoms with E-state index >= 15 is 0 Å². The van der Waals surface area contributed by atoms with Gasteiger partial charge in [0.1, 0.15) is 5.82 Å². The molecule has 0 radical (unpaired) electrons. The maximum Gasteiger partial charge on any atom is 0.127 e. The summed E-state index contributed by atoms with van der Waals surface area (Å²) in [5, 5.41) is 3.13. The van der Waals surface area contributed by atoms with Crippen LogP contribution in [0.3, 0.4) is 0 Å². The van der Waals surface area contributed by atoms with Crippen LogP contribution in [0.4, 0.5) is 27.1 Å². The zero-order valence-corrected chi connectivity index (χ0v) is 10.4. The molecular formula is C14H16FN3. The summed E-state index contributed by atoms with van der Waals surface area (Å²) in [6.45, 7) is 0. The molecule has 0 heterocycles. The van der Waals surface area contributed by atoms with Gasteiger partial charge in [-0.3, -0.25) is 0 Å². The van der Waals surface area contributed by atoms with Gasteiger partial charge in [0.15, 0.2) is 0 Å². The number of halogens is 1. The van der Waals surface area contributed by atoms with E-state index in [2.05, 4.69) is 5.32 Å². The fourth-order valence-corrected chi connectivity index (χ4v) is 1.71. The van der Waals surface area contributed by atoms with Gasteiger partial charge < -0.3 is 16.0 Å². The van der Waals surface area contributed by atoms with Crippen molar-refractivity contribution in [1.82, 2.24) is 0 Å². The van der Waals surface area contributed by atoms with E-state index in [9.17, 15) is 4.39 Å². The molecule has 0 amide bonds. The van der Waals surface area contributed by atoms with E-state index in [4.69, 9.17) is 5.73 Å². The van der Waals surface area contributed by atoms with Crippen molar-refractivity contribution in [3.05, 3.63) is 48.3 Å². The largest absolute Gasteiger partial charge is 0.399 e. The normalized spacial score (nSPS) is 10.2. The van der Waals surface area contributed by atoms with Crippen molar-refractivity contribution in [3.63, 3.8) is 0 Å².